The second-order valence-corrected chi connectivity index (χ2v) is 8.10. The van der Waals surface area contributed by atoms with E-state index in [1.165, 1.54) is 0 Å². The fraction of sp³-hybridized carbons (Fsp3) is 0.391. The lowest BCUT2D eigenvalue weighted by atomic mass is 9.69. The summed E-state index contributed by atoms with van der Waals surface area (Å²) in [4.78, 5) is 24.5. The van der Waals surface area contributed by atoms with E-state index in [1.807, 2.05) is 18.2 Å². The van der Waals surface area contributed by atoms with Crippen molar-refractivity contribution in [1.29, 1.82) is 0 Å². The third-order valence-corrected chi connectivity index (χ3v) is 5.99. The van der Waals surface area contributed by atoms with Crippen LogP contribution in [0.15, 0.2) is 42.5 Å². The van der Waals surface area contributed by atoms with E-state index in [0.717, 1.165) is 37.1 Å². The van der Waals surface area contributed by atoms with Gasteiger partial charge in [0.15, 0.2) is 5.78 Å². The Morgan fingerprint density at radius 2 is 1.75 bits per heavy atom. The van der Waals surface area contributed by atoms with Crippen molar-refractivity contribution in [3.8, 4) is 16.9 Å². The Labute approximate surface area is 164 Å². The summed E-state index contributed by atoms with van der Waals surface area (Å²) in [6.07, 6.45) is 1.67. The molecule has 28 heavy (non-hydrogen) atoms. The first-order valence-electron chi connectivity index (χ1n) is 9.83. The lowest BCUT2D eigenvalue weighted by Gasteiger charge is -2.47. The molecule has 5 heteroatoms. The van der Waals surface area contributed by atoms with Crippen LogP contribution in [0.5, 0.6) is 5.75 Å². The van der Waals surface area contributed by atoms with Crippen molar-refractivity contribution in [3.63, 3.8) is 0 Å². The normalized spacial score (nSPS) is 20.7. The third kappa shape index (κ3) is 3.10. The molecule has 0 amide bonds. The average Bonchev–Trinajstić information content (AvgIpc) is 2.68. The maximum atomic E-state index is 13.5. The van der Waals surface area contributed by atoms with Crippen molar-refractivity contribution >= 4 is 11.8 Å². The number of carboxylic acid groups (broad SMARTS) is 1. The molecule has 0 saturated carbocycles. The summed E-state index contributed by atoms with van der Waals surface area (Å²) in [6, 6.07) is 12.4. The molecule has 0 aliphatic carbocycles. The third-order valence-electron chi connectivity index (χ3n) is 5.99. The lowest BCUT2D eigenvalue weighted by Crippen LogP contribution is -2.57. The van der Waals surface area contributed by atoms with Crippen LogP contribution in [-0.2, 0) is 0 Å². The smallest absolute Gasteiger partial charge is 0.335 e. The zero-order valence-corrected chi connectivity index (χ0v) is 16.2. The molecule has 1 spiro atoms. The summed E-state index contributed by atoms with van der Waals surface area (Å²) in [7, 11) is 0. The molecule has 5 nitrogen and oxygen atoms in total. The topological polar surface area (TPSA) is 75.6 Å². The van der Waals surface area contributed by atoms with Crippen molar-refractivity contribution in [1.82, 2.24) is 5.32 Å². The number of carboxylic acids is 1. The van der Waals surface area contributed by atoms with Gasteiger partial charge < -0.3 is 15.2 Å². The van der Waals surface area contributed by atoms with Gasteiger partial charge in [0.05, 0.1) is 17.0 Å². The van der Waals surface area contributed by atoms with Crippen molar-refractivity contribution in [2.45, 2.75) is 32.3 Å². The second kappa shape index (κ2) is 7.06. The van der Waals surface area contributed by atoms with Gasteiger partial charge in [-0.25, -0.2) is 4.79 Å². The van der Waals surface area contributed by atoms with Crippen molar-refractivity contribution in [2.75, 3.05) is 13.1 Å². The SMILES string of the molecule is CC(C)[C@H]1C(=O)c2cc(-c3ccc(C(=O)O)cc3)ccc2OC12CCNCC2. The molecule has 0 unspecified atom stereocenters. The van der Waals surface area contributed by atoms with E-state index >= 15 is 0 Å². The van der Waals surface area contributed by atoms with E-state index in [2.05, 4.69) is 19.2 Å². The zero-order valence-electron chi connectivity index (χ0n) is 16.2. The van der Waals surface area contributed by atoms with Gasteiger partial charge in [0.2, 0.25) is 0 Å². The number of fused-ring (bicyclic) bond motifs is 1. The van der Waals surface area contributed by atoms with E-state index in [1.54, 1.807) is 24.3 Å². The standard InChI is InChI=1S/C23H25NO4/c1-14(2)20-21(25)18-13-17(15-3-5-16(6-4-15)22(26)27)7-8-19(18)28-23(20)9-11-24-12-10-23/h3-8,13-14,20,24H,9-12H2,1-2H3,(H,26,27)/t20-/m0/s1. The predicted molar refractivity (Wildman–Crippen MR) is 107 cm³/mol. The van der Waals surface area contributed by atoms with Crippen molar-refractivity contribution in [3.05, 3.63) is 53.6 Å². The number of rotatable bonds is 3. The Morgan fingerprint density at radius 1 is 1.11 bits per heavy atom. The highest BCUT2D eigenvalue weighted by molar-refractivity contribution is 6.03. The van der Waals surface area contributed by atoms with E-state index in [-0.39, 0.29) is 23.2 Å². The molecule has 0 bridgehead atoms. The maximum absolute atomic E-state index is 13.5. The first-order chi connectivity index (χ1) is 13.4. The number of ketones is 1. The molecule has 1 saturated heterocycles. The number of aromatic carboxylic acids is 1. The van der Waals surface area contributed by atoms with Crippen LogP contribution in [-0.4, -0.2) is 35.5 Å². The van der Waals surface area contributed by atoms with Crippen LogP contribution in [0.3, 0.4) is 0 Å². The molecule has 2 heterocycles. The molecule has 2 aromatic carbocycles. The van der Waals surface area contributed by atoms with Crippen LogP contribution in [0.25, 0.3) is 11.1 Å². The highest BCUT2D eigenvalue weighted by Crippen LogP contribution is 2.45. The molecule has 2 aliphatic rings. The molecule has 146 valence electrons. The minimum atomic E-state index is -0.951. The van der Waals surface area contributed by atoms with Gasteiger partial charge in [-0.05, 0) is 54.4 Å². The number of Topliss-reactive ketones (excluding diaryl/α,β-unsaturated/α-hetero) is 1. The predicted octanol–water partition coefficient (Wildman–Crippen LogP) is 4.02. The summed E-state index contributed by atoms with van der Waals surface area (Å²) in [5.41, 5.74) is 2.21. The van der Waals surface area contributed by atoms with Crippen LogP contribution >= 0.6 is 0 Å². The average molecular weight is 379 g/mol. The van der Waals surface area contributed by atoms with Crippen molar-refractivity contribution in [2.24, 2.45) is 11.8 Å². The Hall–Kier alpha value is -2.66. The molecule has 0 radical (unpaired) electrons. The largest absolute Gasteiger partial charge is 0.486 e. The molecule has 2 N–H and O–H groups in total. The number of hydrogen-bond acceptors (Lipinski definition) is 4. The first-order valence-corrected chi connectivity index (χ1v) is 9.83. The van der Waals surface area contributed by atoms with Gasteiger partial charge in [-0.3, -0.25) is 4.79 Å². The fourth-order valence-corrected chi connectivity index (χ4v) is 4.66. The van der Waals surface area contributed by atoms with Crippen LogP contribution in [0.1, 0.15) is 47.4 Å². The Kier molecular flexibility index (Phi) is 4.71. The molecule has 1 atom stereocenters. The summed E-state index contributed by atoms with van der Waals surface area (Å²) in [6.45, 7) is 5.91. The molecular formula is C23H25NO4. The van der Waals surface area contributed by atoms with Gasteiger partial charge >= 0.3 is 5.97 Å². The first kappa shape index (κ1) is 18.7. The minimum Gasteiger partial charge on any atom is -0.486 e. The summed E-state index contributed by atoms with van der Waals surface area (Å²) in [5.74, 6) is -0.103. The molecule has 0 aromatic heterocycles. The molecule has 1 fully saturated rings. The van der Waals surface area contributed by atoms with Gasteiger partial charge in [-0.1, -0.05) is 32.0 Å². The Balaban J connectivity index is 1.73. The van der Waals surface area contributed by atoms with Crippen LogP contribution in [0, 0.1) is 11.8 Å². The van der Waals surface area contributed by atoms with E-state index in [4.69, 9.17) is 9.84 Å². The minimum absolute atomic E-state index is 0.155. The molecular weight excluding hydrogens is 354 g/mol. The molecule has 4 rings (SSSR count). The van der Waals surface area contributed by atoms with Crippen molar-refractivity contribution < 1.29 is 19.4 Å². The summed E-state index contributed by atoms with van der Waals surface area (Å²) >= 11 is 0. The van der Waals surface area contributed by atoms with Crippen LogP contribution in [0.2, 0.25) is 0 Å². The van der Waals surface area contributed by atoms with E-state index in [0.29, 0.717) is 11.3 Å². The van der Waals surface area contributed by atoms with Gasteiger partial charge in [-0.15, -0.1) is 0 Å². The highest BCUT2D eigenvalue weighted by Gasteiger charge is 2.51. The molecule has 2 aromatic rings. The zero-order chi connectivity index (χ0) is 19.9. The van der Waals surface area contributed by atoms with Gasteiger partial charge in [0.1, 0.15) is 11.4 Å². The van der Waals surface area contributed by atoms with Gasteiger partial charge in [0, 0.05) is 12.8 Å². The van der Waals surface area contributed by atoms with Crippen LogP contribution in [0.4, 0.5) is 0 Å². The number of ether oxygens (including phenoxy) is 1. The Bertz CT molecular complexity index is 911. The maximum Gasteiger partial charge on any atom is 0.335 e. The quantitative estimate of drug-likeness (QED) is 0.842. The number of carbonyl (C=O) groups is 2. The fourth-order valence-electron chi connectivity index (χ4n) is 4.66. The van der Waals surface area contributed by atoms with Crippen LogP contribution < -0.4 is 10.1 Å². The summed E-state index contributed by atoms with van der Waals surface area (Å²) < 4.78 is 6.51. The van der Waals surface area contributed by atoms with E-state index < -0.39 is 11.6 Å². The second-order valence-electron chi connectivity index (χ2n) is 8.10. The monoisotopic (exact) mass is 379 g/mol. The number of carbonyl (C=O) groups excluding carboxylic acids is 1. The van der Waals surface area contributed by atoms with E-state index in [9.17, 15) is 9.59 Å². The van der Waals surface area contributed by atoms with Gasteiger partial charge in [0.25, 0.3) is 0 Å². The Morgan fingerprint density at radius 3 is 2.36 bits per heavy atom. The van der Waals surface area contributed by atoms with Gasteiger partial charge in [-0.2, -0.15) is 0 Å². The number of nitrogens with one attached hydrogen (secondary N) is 1. The number of benzene rings is 2. The molecule has 2 aliphatic heterocycles. The lowest BCUT2D eigenvalue weighted by molar-refractivity contribution is -0.0349. The highest BCUT2D eigenvalue weighted by atomic mass is 16.5. The number of piperidine rings is 1. The number of hydrogen-bond donors (Lipinski definition) is 2. The summed E-state index contributed by atoms with van der Waals surface area (Å²) in [5, 5.41) is 12.4.